The van der Waals surface area contributed by atoms with Gasteiger partial charge in [0.15, 0.2) is 5.76 Å². The summed E-state index contributed by atoms with van der Waals surface area (Å²) in [6, 6.07) is 1.93. The molecule has 3 nitrogen and oxygen atoms in total. The SMILES string of the molecule is Brc1cc(CN2CCSCC2)on1. The van der Waals surface area contributed by atoms with Crippen LogP contribution in [-0.2, 0) is 6.54 Å². The first-order valence-electron chi connectivity index (χ1n) is 4.26. The molecule has 0 N–H and O–H groups in total. The lowest BCUT2D eigenvalue weighted by Gasteiger charge is -2.24. The molecule has 0 bridgehead atoms. The third-order valence-corrected chi connectivity index (χ3v) is 3.33. The highest BCUT2D eigenvalue weighted by Crippen LogP contribution is 2.15. The molecule has 1 aromatic rings. The van der Waals surface area contributed by atoms with Crippen molar-refractivity contribution in [3.05, 3.63) is 16.4 Å². The lowest BCUT2D eigenvalue weighted by molar-refractivity contribution is 0.250. The van der Waals surface area contributed by atoms with Crippen molar-refractivity contribution in [2.75, 3.05) is 24.6 Å². The third kappa shape index (κ3) is 2.72. The van der Waals surface area contributed by atoms with Crippen molar-refractivity contribution in [3.63, 3.8) is 0 Å². The largest absolute Gasteiger partial charge is 0.359 e. The van der Waals surface area contributed by atoms with Crippen LogP contribution in [0.4, 0.5) is 0 Å². The van der Waals surface area contributed by atoms with Crippen LogP contribution in [0.5, 0.6) is 0 Å². The van der Waals surface area contributed by atoms with E-state index in [4.69, 9.17) is 4.52 Å². The number of nitrogens with zero attached hydrogens (tertiary/aromatic N) is 2. The van der Waals surface area contributed by atoms with E-state index in [-0.39, 0.29) is 0 Å². The minimum Gasteiger partial charge on any atom is -0.359 e. The molecule has 0 radical (unpaired) electrons. The van der Waals surface area contributed by atoms with Crippen molar-refractivity contribution in [1.82, 2.24) is 10.1 Å². The van der Waals surface area contributed by atoms with Crippen LogP contribution in [0.1, 0.15) is 5.76 Å². The van der Waals surface area contributed by atoms with Gasteiger partial charge in [-0.3, -0.25) is 4.90 Å². The summed E-state index contributed by atoms with van der Waals surface area (Å²) in [6.45, 7) is 3.20. The van der Waals surface area contributed by atoms with E-state index in [1.165, 1.54) is 11.5 Å². The van der Waals surface area contributed by atoms with Gasteiger partial charge in [-0.2, -0.15) is 11.8 Å². The van der Waals surface area contributed by atoms with Gasteiger partial charge in [-0.25, -0.2) is 0 Å². The summed E-state index contributed by atoms with van der Waals surface area (Å²) in [6.07, 6.45) is 0. The van der Waals surface area contributed by atoms with E-state index in [0.29, 0.717) is 0 Å². The van der Waals surface area contributed by atoms with Crippen molar-refractivity contribution in [2.45, 2.75) is 6.54 Å². The Morgan fingerprint density at radius 2 is 2.31 bits per heavy atom. The molecule has 2 rings (SSSR count). The summed E-state index contributed by atoms with van der Waals surface area (Å²) in [5.74, 6) is 3.41. The Hall–Kier alpha value is -0.0000000000000000555. The quantitative estimate of drug-likeness (QED) is 0.816. The van der Waals surface area contributed by atoms with Crippen molar-refractivity contribution >= 4 is 27.7 Å². The predicted octanol–water partition coefficient (Wildman–Crippen LogP) is 1.99. The van der Waals surface area contributed by atoms with E-state index < -0.39 is 0 Å². The summed E-state index contributed by atoms with van der Waals surface area (Å²) in [5, 5.41) is 3.79. The summed E-state index contributed by atoms with van der Waals surface area (Å²) in [5.41, 5.74) is 0. The van der Waals surface area contributed by atoms with Gasteiger partial charge in [0.25, 0.3) is 0 Å². The molecule has 0 atom stereocenters. The first-order valence-corrected chi connectivity index (χ1v) is 6.20. The molecule has 1 aliphatic heterocycles. The molecule has 1 fully saturated rings. The normalized spacial score (nSPS) is 19.2. The van der Waals surface area contributed by atoms with Gasteiger partial charge in [0, 0.05) is 30.7 Å². The second-order valence-corrected chi connectivity index (χ2v) is 5.04. The highest BCUT2D eigenvalue weighted by Gasteiger charge is 2.12. The summed E-state index contributed by atoms with van der Waals surface area (Å²) < 4.78 is 5.91. The zero-order valence-corrected chi connectivity index (χ0v) is 9.60. The van der Waals surface area contributed by atoms with Gasteiger partial charge in [0.2, 0.25) is 0 Å². The standard InChI is InChI=1S/C8H11BrN2OS/c9-8-5-7(12-10-8)6-11-1-3-13-4-2-11/h5H,1-4,6H2. The second-order valence-electron chi connectivity index (χ2n) is 3.00. The van der Waals surface area contributed by atoms with Crippen molar-refractivity contribution in [2.24, 2.45) is 0 Å². The molecule has 0 aliphatic carbocycles. The molecule has 0 spiro atoms. The number of rotatable bonds is 2. The maximum atomic E-state index is 5.12. The van der Waals surface area contributed by atoms with Gasteiger partial charge in [0.05, 0.1) is 6.54 Å². The number of halogens is 1. The first-order chi connectivity index (χ1) is 6.34. The average molecular weight is 263 g/mol. The molecule has 13 heavy (non-hydrogen) atoms. The Morgan fingerprint density at radius 1 is 1.54 bits per heavy atom. The Morgan fingerprint density at radius 3 is 2.92 bits per heavy atom. The highest BCUT2D eigenvalue weighted by molar-refractivity contribution is 9.10. The summed E-state index contributed by atoms with van der Waals surface area (Å²) in [4.78, 5) is 2.39. The van der Waals surface area contributed by atoms with Crippen LogP contribution in [0.25, 0.3) is 0 Å². The number of hydrogen-bond donors (Lipinski definition) is 0. The van der Waals surface area contributed by atoms with Gasteiger partial charge in [-0.05, 0) is 15.9 Å². The number of hydrogen-bond acceptors (Lipinski definition) is 4. The third-order valence-electron chi connectivity index (χ3n) is 2.01. The van der Waals surface area contributed by atoms with E-state index >= 15 is 0 Å². The number of aromatic nitrogens is 1. The van der Waals surface area contributed by atoms with Crippen LogP contribution in [0, 0.1) is 0 Å². The average Bonchev–Trinajstić information content (AvgIpc) is 2.53. The molecular formula is C8H11BrN2OS. The molecule has 1 aliphatic rings. The van der Waals surface area contributed by atoms with Crippen molar-refractivity contribution in [1.29, 1.82) is 0 Å². The monoisotopic (exact) mass is 262 g/mol. The molecule has 1 saturated heterocycles. The molecule has 0 saturated carbocycles. The first kappa shape index (κ1) is 9.55. The van der Waals surface area contributed by atoms with Crippen LogP contribution in [0.15, 0.2) is 15.2 Å². The van der Waals surface area contributed by atoms with Gasteiger partial charge in [-0.1, -0.05) is 5.16 Å². The van der Waals surface area contributed by atoms with Gasteiger partial charge >= 0.3 is 0 Å². The van der Waals surface area contributed by atoms with Gasteiger partial charge in [0.1, 0.15) is 4.60 Å². The molecule has 0 aromatic carbocycles. The molecule has 5 heteroatoms. The van der Waals surface area contributed by atoms with E-state index in [9.17, 15) is 0 Å². The van der Waals surface area contributed by atoms with Crippen LogP contribution in [-0.4, -0.2) is 34.7 Å². The Labute approximate surface area is 90.0 Å². The topological polar surface area (TPSA) is 29.3 Å². The Bertz CT molecular complexity index is 273. The zero-order valence-electron chi connectivity index (χ0n) is 7.20. The van der Waals surface area contributed by atoms with Crippen molar-refractivity contribution in [3.8, 4) is 0 Å². The molecule has 2 heterocycles. The smallest absolute Gasteiger partial charge is 0.151 e. The lowest BCUT2D eigenvalue weighted by Crippen LogP contribution is -2.31. The lowest BCUT2D eigenvalue weighted by atomic mass is 10.4. The van der Waals surface area contributed by atoms with E-state index in [0.717, 1.165) is 30.0 Å². The maximum absolute atomic E-state index is 5.12. The van der Waals surface area contributed by atoms with E-state index in [1.54, 1.807) is 0 Å². The van der Waals surface area contributed by atoms with Crippen LogP contribution >= 0.6 is 27.7 Å². The van der Waals surface area contributed by atoms with E-state index in [1.807, 2.05) is 17.8 Å². The number of thioether (sulfide) groups is 1. The predicted molar refractivity (Wildman–Crippen MR) is 56.8 cm³/mol. The second kappa shape index (κ2) is 4.48. The summed E-state index contributed by atoms with van der Waals surface area (Å²) in [7, 11) is 0. The Kier molecular flexibility index (Phi) is 3.29. The fraction of sp³-hybridized carbons (Fsp3) is 0.625. The fourth-order valence-corrected chi connectivity index (χ4v) is 2.65. The fourth-order valence-electron chi connectivity index (χ4n) is 1.34. The molecule has 1 aromatic heterocycles. The van der Waals surface area contributed by atoms with Gasteiger partial charge in [-0.15, -0.1) is 0 Å². The minimum absolute atomic E-state index is 0.786. The summed E-state index contributed by atoms with van der Waals surface area (Å²) >= 11 is 5.29. The minimum atomic E-state index is 0.786. The Balaban J connectivity index is 1.89. The van der Waals surface area contributed by atoms with E-state index in [2.05, 4.69) is 26.0 Å². The zero-order chi connectivity index (χ0) is 9.10. The molecule has 0 amide bonds. The van der Waals surface area contributed by atoms with Gasteiger partial charge < -0.3 is 4.52 Å². The molecular weight excluding hydrogens is 252 g/mol. The van der Waals surface area contributed by atoms with Crippen molar-refractivity contribution < 1.29 is 4.52 Å². The highest BCUT2D eigenvalue weighted by atomic mass is 79.9. The molecule has 72 valence electrons. The maximum Gasteiger partial charge on any atom is 0.151 e. The molecule has 0 unspecified atom stereocenters. The van der Waals surface area contributed by atoms with Crippen LogP contribution in [0.3, 0.4) is 0 Å². The van der Waals surface area contributed by atoms with Crippen LogP contribution in [0.2, 0.25) is 0 Å². The van der Waals surface area contributed by atoms with Crippen LogP contribution < -0.4 is 0 Å².